The van der Waals surface area contributed by atoms with Crippen LogP contribution in [0.4, 0.5) is 13.2 Å². The molecule has 2 N–H and O–H groups in total. The number of carbonyl (C=O) groups is 2. The molecule has 5 rings (SSSR count). The van der Waals surface area contributed by atoms with Crippen LogP contribution in [0, 0.1) is 12.8 Å². The molecule has 0 radical (unpaired) electrons. The minimum absolute atomic E-state index is 0.138. The van der Waals surface area contributed by atoms with E-state index >= 15 is 0 Å². The summed E-state index contributed by atoms with van der Waals surface area (Å²) >= 11 is 0. The Labute approximate surface area is 212 Å². The average molecular weight is 521 g/mol. The van der Waals surface area contributed by atoms with Gasteiger partial charge in [-0.15, -0.1) is 0 Å². The fourth-order valence-corrected chi connectivity index (χ4v) is 5.81. The van der Waals surface area contributed by atoms with E-state index in [-0.39, 0.29) is 55.0 Å². The molecule has 12 heteroatoms. The van der Waals surface area contributed by atoms with Gasteiger partial charge in [0.05, 0.1) is 11.4 Å². The van der Waals surface area contributed by atoms with E-state index in [1.54, 1.807) is 12.1 Å². The number of aromatic amines is 1. The molecular formula is C25H31F3N6O3. The maximum atomic E-state index is 13.4. The van der Waals surface area contributed by atoms with Gasteiger partial charge < -0.3 is 15.0 Å². The Bertz CT molecular complexity index is 1170. The molecule has 1 atom stereocenters. The van der Waals surface area contributed by atoms with Crippen LogP contribution in [-0.4, -0.2) is 73.9 Å². The number of nitrogens with zero attached hydrogens (tertiary/aromatic N) is 4. The Kier molecular flexibility index (Phi) is 6.49. The van der Waals surface area contributed by atoms with Gasteiger partial charge in [-0.3, -0.25) is 14.7 Å². The summed E-state index contributed by atoms with van der Waals surface area (Å²) in [6.07, 6.45) is -0.208. The molecule has 1 spiro atoms. The van der Waals surface area contributed by atoms with Gasteiger partial charge in [0.1, 0.15) is 6.33 Å². The van der Waals surface area contributed by atoms with Crippen LogP contribution in [0.25, 0.3) is 11.4 Å². The van der Waals surface area contributed by atoms with Crippen molar-refractivity contribution in [3.05, 3.63) is 29.8 Å². The molecule has 3 fully saturated rings. The number of aromatic nitrogens is 4. The van der Waals surface area contributed by atoms with E-state index in [0.717, 1.165) is 25.6 Å². The molecule has 200 valence electrons. The first-order valence-corrected chi connectivity index (χ1v) is 12.6. The number of hydrogen-bond donors (Lipinski definition) is 2. The summed E-state index contributed by atoms with van der Waals surface area (Å²) < 4.78 is 45.2. The van der Waals surface area contributed by atoms with Crippen molar-refractivity contribution in [1.82, 2.24) is 30.4 Å². The number of H-pyrrole nitrogens is 1. The van der Waals surface area contributed by atoms with E-state index in [1.807, 2.05) is 11.8 Å². The normalized spacial score (nSPS) is 27.2. The molecule has 1 aliphatic heterocycles. The maximum Gasteiger partial charge on any atom is 0.417 e. The van der Waals surface area contributed by atoms with Crippen LogP contribution in [0.15, 0.2) is 18.5 Å². The number of hydrogen-bond acceptors (Lipinski definition) is 6. The molecule has 9 nitrogen and oxygen atoms in total. The Morgan fingerprint density at radius 2 is 1.86 bits per heavy atom. The van der Waals surface area contributed by atoms with Gasteiger partial charge in [0.2, 0.25) is 5.91 Å². The summed E-state index contributed by atoms with van der Waals surface area (Å²) in [5, 5.41) is 10.1. The Morgan fingerprint density at radius 3 is 2.49 bits per heavy atom. The molecule has 0 unspecified atom stereocenters. The van der Waals surface area contributed by atoms with E-state index in [0.29, 0.717) is 36.5 Å². The first-order chi connectivity index (χ1) is 17.6. The fourth-order valence-electron chi connectivity index (χ4n) is 5.81. The molecule has 2 saturated carbocycles. The highest BCUT2D eigenvalue weighted by Gasteiger charge is 2.57. The van der Waals surface area contributed by atoms with Crippen LogP contribution < -0.4 is 5.32 Å². The van der Waals surface area contributed by atoms with Gasteiger partial charge >= 0.3 is 6.18 Å². The highest BCUT2D eigenvalue weighted by Crippen LogP contribution is 2.51. The summed E-state index contributed by atoms with van der Waals surface area (Å²) in [5.41, 5.74) is -0.114. The number of rotatable bonds is 5. The number of likely N-dealkylation sites (tertiary alicyclic amines) is 1. The average Bonchev–Trinajstić information content (AvgIpc) is 3.44. The maximum absolute atomic E-state index is 13.4. The molecule has 3 aliphatic rings. The topological polar surface area (TPSA) is 113 Å². The predicted octanol–water partition coefficient (Wildman–Crippen LogP) is 3.57. The zero-order valence-electron chi connectivity index (χ0n) is 20.9. The number of halogens is 3. The van der Waals surface area contributed by atoms with Gasteiger partial charge in [0, 0.05) is 36.8 Å². The molecular weight excluding hydrogens is 489 g/mol. The van der Waals surface area contributed by atoms with E-state index in [2.05, 4.69) is 25.5 Å². The van der Waals surface area contributed by atoms with Gasteiger partial charge in [-0.05, 0) is 70.4 Å². The standard InChI is InChI=1S/C25H31F3N6O3/c1-15-11-18(30-14-29-15)19-12-20(33-32-19)22(36)34-10-5-16(13-23(34)8-9-23)21(35)31-17-3-6-24(37-2,7-4-17)25(26,27)28/h11-12,14,16-17H,3-10,13H2,1-2H3,(H,31,35)(H,32,33)/t16-,17?,24?/m1/s1. The molecule has 37 heavy (non-hydrogen) atoms. The summed E-state index contributed by atoms with van der Waals surface area (Å²) in [4.78, 5) is 36.5. The minimum Gasteiger partial charge on any atom is -0.369 e. The molecule has 1 saturated heterocycles. The van der Waals surface area contributed by atoms with Crippen molar-refractivity contribution in [2.45, 2.75) is 81.6 Å². The number of methoxy groups -OCH3 is 1. The summed E-state index contributed by atoms with van der Waals surface area (Å²) in [7, 11) is 1.09. The first-order valence-electron chi connectivity index (χ1n) is 12.6. The lowest BCUT2D eigenvalue weighted by atomic mass is 9.81. The molecule has 0 aromatic carbocycles. The largest absolute Gasteiger partial charge is 0.417 e. The summed E-state index contributed by atoms with van der Waals surface area (Å²) in [6.45, 7) is 2.28. The second-order valence-corrected chi connectivity index (χ2v) is 10.6. The third-order valence-corrected chi connectivity index (χ3v) is 8.27. The lowest BCUT2D eigenvalue weighted by molar-refractivity contribution is -0.280. The summed E-state index contributed by atoms with van der Waals surface area (Å²) in [6, 6.07) is 3.18. The highest BCUT2D eigenvalue weighted by atomic mass is 19.4. The number of piperidine rings is 1. The lowest BCUT2D eigenvalue weighted by Crippen LogP contribution is -2.54. The SMILES string of the molecule is COC1(C(F)(F)F)CCC(NC(=O)[C@@H]2CCN(C(=O)c3cc(-c4cc(C)ncn4)[nH]n3)C3(CC3)C2)CC1. The van der Waals surface area contributed by atoms with E-state index < -0.39 is 11.8 Å². The van der Waals surface area contributed by atoms with Crippen molar-refractivity contribution in [2.24, 2.45) is 5.92 Å². The van der Waals surface area contributed by atoms with Crippen LogP contribution in [0.5, 0.6) is 0 Å². The second-order valence-electron chi connectivity index (χ2n) is 10.6. The zero-order chi connectivity index (χ0) is 26.4. The number of nitrogens with one attached hydrogen (secondary N) is 2. The van der Waals surface area contributed by atoms with Crippen LogP contribution in [0.1, 0.15) is 67.5 Å². The van der Waals surface area contributed by atoms with Crippen molar-refractivity contribution in [1.29, 1.82) is 0 Å². The third kappa shape index (κ3) is 4.83. The third-order valence-electron chi connectivity index (χ3n) is 8.27. The van der Waals surface area contributed by atoms with Gasteiger partial charge in [-0.2, -0.15) is 18.3 Å². The van der Waals surface area contributed by atoms with Crippen LogP contribution in [-0.2, 0) is 9.53 Å². The van der Waals surface area contributed by atoms with Crippen LogP contribution in [0.2, 0.25) is 0 Å². The zero-order valence-corrected chi connectivity index (χ0v) is 20.9. The minimum atomic E-state index is -4.43. The number of ether oxygens (including phenoxy) is 1. The number of amides is 2. The summed E-state index contributed by atoms with van der Waals surface area (Å²) in [5.74, 6) is -0.594. The Balaban J connectivity index is 1.19. The quantitative estimate of drug-likeness (QED) is 0.623. The molecule has 2 aromatic heterocycles. The van der Waals surface area contributed by atoms with Gasteiger partial charge in [0.15, 0.2) is 11.3 Å². The Morgan fingerprint density at radius 1 is 1.14 bits per heavy atom. The van der Waals surface area contributed by atoms with E-state index in [1.165, 1.54) is 6.33 Å². The second kappa shape index (κ2) is 9.38. The van der Waals surface area contributed by atoms with Gasteiger partial charge in [-0.25, -0.2) is 9.97 Å². The molecule has 2 aromatic rings. The van der Waals surface area contributed by atoms with Crippen molar-refractivity contribution < 1.29 is 27.5 Å². The molecule has 2 amide bonds. The van der Waals surface area contributed by atoms with Crippen molar-refractivity contribution in [3.8, 4) is 11.4 Å². The monoisotopic (exact) mass is 520 g/mol. The first kappa shape index (κ1) is 25.6. The number of aryl methyl sites for hydroxylation is 1. The van der Waals surface area contributed by atoms with Crippen molar-refractivity contribution >= 4 is 11.8 Å². The fraction of sp³-hybridized carbons (Fsp3) is 0.640. The van der Waals surface area contributed by atoms with Gasteiger partial charge in [0.25, 0.3) is 5.91 Å². The van der Waals surface area contributed by atoms with Crippen LogP contribution >= 0.6 is 0 Å². The van der Waals surface area contributed by atoms with Crippen LogP contribution in [0.3, 0.4) is 0 Å². The van der Waals surface area contributed by atoms with Crippen molar-refractivity contribution in [3.63, 3.8) is 0 Å². The van der Waals surface area contributed by atoms with E-state index in [9.17, 15) is 22.8 Å². The number of alkyl halides is 3. The molecule has 2 aliphatic carbocycles. The predicted molar refractivity (Wildman–Crippen MR) is 126 cm³/mol. The van der Waals surface area contributed by atoms with E-state index in [4.69, 9.17) is 4.74 Å². The number of carbonyl (C=O) groups excluding carboxylic acids is 2. The lowest BCUT2D eigenvalue weighted by Gasteiger charge is -2.42. The highest BCUT2D eigenvalue weighted by molar-refractivity contribution is 5.94. The molecule has 0 bridgehead atoms. The van der Waals surface area contributed by atoms with Gasteiger partial charge in [-0.1, -0.05) is 0 Å². The molecule has 3 heterocycles. The van der Waals surface area contributed by atoms with Crippen molar-refractivity contribution in [2.75, 3.05) is 13.7 Å². The Hall–Kier alpha value is -3.02. The smallest absolute Gasteiger partial charge is 0.369 e.